The first-order valence-electron chi connectivity index (χ1n) is 4.78. The van der Waals surface area contributed by atoms with Gasteiger partial charge in [-0.25, -0.2) is 4.79 Å². The molecule has 0 rings (SSSR count). The van der Waals surface area contributed by atoms with Crippen LogP contribution in [0.2, 0.25) is 0 Å². The molecule has 0 aromatic rings. The summed E-state index contributed by atoms with van der Waals surface area (Å²) in [7, 11) is 0. The fraction of sp³-hybridized carbons (Fsp3) is 0.900. The van der Waals surface area contributed by atoms with Crippen LogP contribution in [0.5, 0.6) is 0 Å². The summed E-state index contributed by atoms with van der Waals surface area (Å²) in [5.41, 5.74) is -0.469. The molecule has 78 valence electrons. The van der Waals surface area contributed by atoms with Crippen molar-refractivity contribution in [2.75, 3.05) is 0 Å². The monoisotopic (exact) mass is 188 g/mol. The molecule has 0 saturated heterocycles. The fourth-order valence-electron chi connectivity index (χ4n) is 0.865. The van der Waals surface area contributed by atoms with E-state index in [0.717, 1.165) is 12.8 Å². The Kier molecular flexibility index (Phi) is 4.81. The second-order valence-corrected chi connectivity index (χ2v) is 4.02. The van der Waals surface area contributed by atoms with Crippen molar-refractivity contribution in [3.8, 4) is 0 Å². The topological polar surface area (TPSA) is 35.5 Å². The van der Waals surface area contributed by atoms with E-state index < -0.39 is 11.8 Å². The second-order valence-electron chi connectivity index (χ2n) is 4.02. The molecule has 0 aliphatic heterocycles. The molecular weight excluding hydrogens is 168 g/mol. The van der Waals surface area contributed by atoms with Crippen LogP contribution in [0.15, 0.2) is 0 Å². The van der Waals surface area contributed by atoms with Crippen LogP contribution < -0.4 is 0 Å². The predicted octanol–water partition coefficient (Wildman–Crippen LogP) is 3.13. The Labute approximate surface area is 80.4 Å². The minimum absolute atomic E-state index is 0.0187. The Balaban J connectivity index is 3.86. The van der Waals surface area contributed by atoms with Crippen molar-refractivity contribution >= 4 is 6.16 Å². The molecule has 3 nitrogen and oxygen atoms in total. The zero-order valence-corrected chi connectivity index (χ0v) is 9.22. The number of ether oxygens (including phenoxy) is 2. The lowest BCUT2D eigenvalue weighted by Crippen LogP contribution is -2.27. The van der Waals surface area contributed by atoms with Crippen LogP contribution in [-0.2, 0) is 9.47 Å². The molecule has 0 N–H and O–H groups in total. The first-order chi connectivity index (χ1) is 5.89. The number of carbonyl (C=O) groups is 1. The Morgan fingerprint density at radius 2 is 1.69 bits per heavy atom. The molecule has 0 saturated carbocycles. The summed E-state index contributed by atoms with van der Waals surface area (Å²) >= 11 is 0. The zero-order chi connectivity index (χ0) is 10.5. The van der Waals surface area contributed by atoms with Crippen LogP contribution in [-0.4, -0.2) is 17.9 Å². The molecule has 13 heavy (non-hydrogen) atoms. The van der Waals surface area contributed by atoms with Gasteiger partial charge in [-0.05, 0) is 33.6 Å². The smallest absolute Gasteiger partial charge is 0.431 e. The maximum absolute atomic E-state index is 11.1. The van der Waals surface area contributed by atoms with Gasteiger partial charge in [-0.15, -0.1) is 0 Å². The summed E-state index contributed by atoms with van der Waals surface area (Å²) in [5.74, 6) is 0. The Bertz CT molecular complexity index is 154. The maximum Gasteiger partial charge on any atom is 0.509 e. The normalized spacial score (nSPS) is 11.5. The standard InChI is InChI=1S/C10H20O3/c1-6-8(7-2)12-9(11)13-10(3,4)5/h8H,6-7H2,1-5H3. The first kappa shape index (κ1) is 12.3. The second kappa shape index (κ2) is 5.10. The summed E-state index contributed by atoms with van der Waals surface area (Å²) in [6.07, 6.45) is 1.07. The van der Waals surface area contributed by atoms with Crippen LogP contribution in [0, 0.1) is 0 Å². The van der Waals surface area contributed by atoms with Gasteiger partial charge in [0.05, 0.1) is 0 Å². The zero-order valence-electron chi connectivity index (χ0n) is 9.22. The Morgan fingerprint density at radius 3 is 2.00 bits per heavy atom. The van der Waals surface area contributed by atoms with Gasteiger partial charge in [-0.2, -0.15) is 0 Å². The molecule has 0 bridgehead atoms. The van der Waals surface area contributed by atoms with Gasteiger partial charge in [0.15, 0.2) is 0 Å². The van der Waals surface area contributed by atoms with E-state index >= 15 is 0 Å². The van der Waals surface area contributed by atoms with E-state index in [9.17, 15) is 4.79 Å². The highest BCUT2D eigenvalue weighted by Gasteiger charge is 2.19. The number of hydrogen-bond acceptors (Lipinski definition) is 3. The van der Waals surface area contributed by atoms with Gasteiger partial charge in [0.25, 0.3) is 0 Å². The lowest BCUT2D eigenvalue weighted by atomic mass is 10.2. The summed E-state index contributed by atoms with van der Waals surface area (Å²) in [6, 6.07) is 0. The van der Waals surface area contributed by atoms with Gasteiger partial charge < -0.3 is 9.47 Å². The number of hydrogen-bond donors (Lipinski definition) is 0. The molecule has 0 aliphatic carbocycles. The molecule has 0 amide bonds. The summed E-state index contributed by atoms with van der Waals surface area (Å²) < 4.78 is 10.1. The molecule has 0 atom stereocenters. The summed E-state index contributed by atoms with van der Waals surface area (Å²) in [4.78, 5) is 11.1. The van der Waals surface area contributed by atoms with E-state index in [-0.39, 0.29) is 6.10 Å². The molecule has 0 unspecified atom stereocenters. The van der Waals surface area contributed by atoms with E-state index in [1.165, 1.54) is 0 Å². The van der Waals surface area contributed by atoms with Gasteiger partial charge in [-0.1, -0.05) is 13.8 Å². The average molecular weight is 188 g/mol. The average Bonchev–Trinajstić information content (AvgIpc) is 1.96. The number of carbonyl (C=O) groups excluding carboxylic acids is 1. The van der Waals surface area contributed by atoms with Crippen molar-refractivity contribution in [3.05, 3.63) is 0 Å². The fourth-order valence-corrected chi connectivity index (χ4v) is 0.865. The Hall–Kier alpha value is -0.730. The first-order valence-corrected chi connectivity index (χ1v) is 4.78. The highest BCUT2D eigenvalue weighted by atomic mass is 16.7. The van der Waals surface area contributed by atoms with Gasteiger partial charge in [-0.3, -0.25) is 0 Å². The van der Waals surface area contributed by atoms with Gasteiger partial charge >= 0.3 is 6.16 Å². The van der Waals surface area contributed by atoms with E-state index in [2.05, 4.69) is 0 Å². The third kappa shape index (κ3) is 6.43. The molecule has 0 aromatic carbocycles. The van der Waals surface area contributed by atoms with Crippen LogP contribution in [0.1, 0.15) is 47.5 Å². The molecule has 3 heteroatoms. The molecule has 0 spiro atoms. The predicted molar refractivity (Wildman–Crippen MR) is 51.7 cm³/mol. The maximum atomic E-state index is 11.1. The van der Waals surface area contributed by atoms with Crippen LogP contribution in [0.3, 0.4) is 0 Å². The minimum atomic E-state index is -0.568. The van der Waals surface area contributed by atoms with Crippen molar-refractivity contribution in [2.24, 2.45) is 0 Å². The highest BCUT2D eigenvalue weighted by Crippen LogP contribution is 2.11. The number of rotatable bonds is 3. The van der Waals surface area contributed by atoms with Crippen molar-refractivity contribution in [3.63, 3.8) is 0 Å². The largest absolute Gasteiger partial charge is 0.509 e. The van der Waals surface area contributed by atoms with Crippen LogP contribution >= 0.6 is 0 Å². The Morgan fingerprint density at radius 1 is 1.23 bits per heavy atom. The highest BCUT2D eigenvalue weighted by molar-refractivity contribution is 5.60. The molecule has 0 aromatic heterocycles. The minimum Gasteiger partial charge on any atom is -0.431 e. The van der Waals surface area contributed by atoms with Crippen LogP contribution in [0.25, 0.3) is 0 Å². The lowest BCUT2D eigenvalue weighted by molar-refractivity contribution is -0.0280. The summed E-state index contributed by atoms with van der Waals surface area (Å²) in [6.45, 7) is 9.43. The van der Waals surface area contributed by atoms with E-state index in [1.54, 1.807) is 0 Å². The molecule has 0 heterocycles. The quantitative estimate of drug-likeness (QED) is 0.638. The molecule has 0 radical (unpaired) electrons. The third-order valence-corrected chi connectivity index (χ3v) is 1.56. The third-order valence-electron chi connectivity index (χ3n) is 1.56. The van der Waals surface area contributed by atoms with E-state index in [1.807, 2.05) is 34.6 Å². The SMILES string of the molecule is CCC(CC)OC(=O)OC(C)(C)C. The van der Waals surface area contributed by atoms with Gasteiger partial charge in [0.2, 0.25) is 0 Å². The van der Waals surface area contributed by atoms with Crippen molar-refractivity contribution < 1.29 is 14.3 Å². The lowest BCUT2D eigenvalue weighted by Gasteiger charge is -2.21. The van der Waals surface area contributed by atoms with Crippen molar-refractivity contribution in [1.82, 2.24) is 0 Å². The van der Waals surface area contributed by atoms with E-state index in [0.29, 0.717) is 0 Å². The van der Waals surface area contributed by atoms with Gasteiger partial charge in [0, 0.05) is 0 Å². The molecule has 0 aliphatic rings. The van der Waals surface area contributed by atoms with Crippen LogP contribution in [0.4, 0.5) is 4.79 Å². The van der Waals surface area contributed by atoms with Crippen molar-refractivity contribution in [1.29, 1.82) is 0 Å². The van der Waals surface area contributed by atoms with Gasteiger partial charge in [0.1, 0.15) is 11.7 Å². The summed E-state index contributed by atoms with van der Waals surface area (Å²) in [5, 5.41) is 0. The van der Waals surface area contributed by atoms with Crippen molar-refractivity contribution in [2.45, 2.75) is 59.2 Å². The molecular formula is C10H20O3. The van der Waals surface area contributed by atoms with E-state index in [4.69, 9.17) is 9.47 Å². The molecule has 0 fully saturated rings.